The number of amides is 1. The number of carbonyl (C=O) groups is 1. The second kappa shape index (κ2) is 6.91. The van der Waals surface area contributed by atoms with Crippen molar-refractivity contribution >= 4 is 21.8 Å². The molecule has 0 aromatic heterocycles. The van der Waals surface area contributed by atoms with Crippen molar-refractivity contribution in [1.29, 1.82) is 0 Å². The summed E-state index contributed by atoms with van der Waals surface area (Å²) in [6, 6.07) is 8.04. The molecule has 126 valence electrons. The highest BCUT2D eigenvalue weighted by Gasteiger charge is 2.49. The zero-order valence-electron chi connectivity index (χ0n) is 13.7. The molecule has 1 heterocycles. The van der Waals surface area contributed by atoms with Crippen molar-refractivity contribution in [3.63, 3.8) is 0 Å². The normalized spacial score (nSPS) is 29.3. The zero-order chi connectivity index (χ0) is 16.4. The van der Waals surface area contributed by atoms with Crippen molar-refractivity contribution in [2.45, 2.75) is 56.8 Å². The monoisotopic (exact) mass is 379 g/mol. The molecule has 2 fully saturated rings. The van der Waals surface area contributed by atoms with E-state index in [1.54, 1.807) is 11.9 Å². The van der Waals surface area contributed by atoms with E-state index < -0.39 is 11.8 Å². The summed E-state index contributed by atoms with van der Waals surface area (Å²) in [6.45, 7) is 0. The molecule has 2 unspecified atom stereocenters. The van der Waals surface area contributed by atoms with Gasteiger partial charge in [0.15, 0.2) is 0 Å². The van der Waals surface area contributed by atoms with Crippen LogP contribution in [0.15, 0.2) is 28.7 Å². The van der Waals surface area contributed by atoms with Gasteiger partial charge in [-0.1, -0.05) is 60.2 Å². The minimum absolute atomic E-state index is 0.0823. The fourth-order valence-electron chi connectivity index (χ4n) is 4.02. The lowest BCUT2D eigenvalue weighted by Gasteiger charge is -2.31. The molecule has 0 bridgehead atoms. The van der Waals surface area contributed by atoms with Gasteiger partial charge >= 0.3 is 0 Å². The van der Waals surface area contributed by atoms with Crippen LogP contribution in [0.3, 0.4) is 0 Å². The van der Waals surface area contributed by atoms with E-state index >= 15 is 0 Å². The second-order valence-corrected chi connectivity index (χ2v) is 7.88. The first-order valence-corrected chi connectivity index (χ1v) is 9.39. The number of benzene rings is 1. The maximum Gasteiger partial charge on any atom is 0.249 e. The number of nitrogens with zero attached hydrogens (tertiary/aromatic N) is 1. The Labute approximate surface area is 146 Å². The highest BCUT2D eigenvalue weighted by molar-refractivity contribution is 9.10. The molecule has 1 saturated heterocycles. The van der Waals surface area contributed by atoms with Gasteiger partial charge in [-0.15, -0.1) is 0 Å². The summed E-state index contributed by atoms with van der Waals surface area (Å²) >= 11 is 3.53. The summed E-state index contributed by atoms with van der Waals surface area (Å²) in [4.78, 5) is 14.6. The number of rotatable bonds is 4. The molecule has 1 aromatic rings. The molecule has 0 radical (unpaired) electrons. The van der Waals surface area contributed by atoms with Crippen LogP contribution in [0, 0.1) is 5.92 Å². The van der Waals surface area contributed by atoms with Crippen molar-refractivity contribution in [2.24, 2.45) is 11.7 Å². The maximum atomic E-state index is 13.0. The Balaban J connectivity index is 1.86. The van der Waals surface area contributed by atoms with Crippen molar-refractivity contribution in [2.75, 3.05) is 7.05 Å². The van der Waals surface area contributed by atoms with E-state index in [1.165, 1.54) is 32.1 Å². The van der Waals surface area contributed by atoms with Gasteiger partial charge in [0, 0.05) is 11.5 Å². The van der Waals surface area contributed by atoms with Crippen LogP contribution < -0.4 is 11.1 Å². The average Bonchev–Trinajstić information content (AvgIpc) is 2.79. The highest BCUT2D eigenvalue weighted by Crippen LogP contribution is 2.38. The number of carbonyl (C=O) groups excluding carboxylic acids is 1. The first-order valence-electron chi connectivity index (χ1n) is 8.59. The van der Waals surface area contributed by atoms with Gasteiger partial charge in [-0.05, 0) is 36.5 Å². The number of halogens is 1. The Bertz CT molecular complexity index is 573. The third-order valence-electron chi connectivity index (χ3n) is 5.47. The second-order valence-electron chi connectivity index (χ2n) is 6.96. The quantitative estimate of drug-likeness (QED) is 0.843. The van der Waals surface area contributed by atoms with Crippen LogP contribution in [-0.2, 0) is 10.3 Å². The average molecular weight is 380 g/mol. The first kappa shape index (κ1) is 16.9. The van der Waals surface area contributed by atoms with E-state index in [0.29, 0.717) is 0 Å². The lowest BCUT2D eigenvalue weighted by Crippen LogP contribution is -2.47. The van der Waals surface area contributed by atoms with Gasteiger partial charge in [0.05, 0.1) is 0 Å². The third kappa shape index (κ3) is 3.32. The minimum atomic E-state index is -0.685. The Hall–Kier alpha value is -0.910. The highest BCUT2D eigenvalue weighted by atomic mass is 79.9. The summed E-state index contributed by atoms with van der Waals surface area (Å²) in [5, 5.41) is 3.38. The fourth-order valence-corrected chi connectivity index (χ4v) is 4.42. The molecule has 2 atom stereocenters. The summed E-state index contributed by atoms with van der Waals surface area (Å²) in [6.07, 6.45) is 8.07. The van der Waals surface area contributed by atoms with Crippen molar-refractivity contribution in [3.05, 3.63) is 34.3 Å². The first-order chi connectivity index (χ1) is 11.0. The molecule has 1 aliphatic carbocycles. The molecule has 3 rings (SSSR count). The Morgan fingerprint density at radius 2 is 2.09 bits per heavy atom. The molecule has 1 aromatic carbocycles. The standard InChI is InChI=1S/C18H26BrN3O/c1-22-16(23)18(21-17(22)20,14-8-5-9-15(19)12-14)11-10-13-6-3-2-4-7-13/h5,8-9,12-13,17,21H,2-4,6-7,10-11,20H2,1H3. The van der Waals surface area contributed by atoms with Crippen LogP contribution in [0.25, 0.3) is 0 Å². The molecule has 1 amide bonds. The topological polar surface area (TPSA) is 58.4 Å². The number of hydrogen-bond donors (Lipinski definition) is 2. The third-order valence-corrected chi connectivity index (χ3v) is 5.96. The van der Waals surface area contributed by atoms with E-state index in [0.717, 1.165) is 28.8 Å². The van der Waals surface area contributed by atoms with Crippen molar-refractivity contribution in [3.8, 4) is 0 Å². The maximum absolute atomic E-state index is 13.0. The van der Waals surface area contributed by atoms with Gasteiger partial charge in [0.25, 0.3) is 0 Å². The Morgan fingerprint density at radius 1 is 1.35 bits per heavy atom. The number of likely N-dealkylation sites (N-methyl/N-ethyl adjacent to an activating group) is 1. The Kier molecular flexibility index (Phi) is 5.09. The van der Waals surface area contributed by atoms with E-state index in [-0.39, 0.29) is 5.91 Å². The molecule has 1 saturated carbocycles. The SMILES string of the molecule is CN1C(=O)C(CCC2CCCCC2)(c2cccc(Br)c2)NC1N. The molecular weight excluding hydrogens is 354 g/mol. The molecule has 0 spiro atoms. The lowest BCUT2D eigenvalue weighted by atomic mass is 9.79. The lowest BCUT2D eigenvalue weighted by molar-refractivity contribution is -0.132. The minimum Gasteiger partial charge on any atom is -0.316 e. The van der Waals surface area contributed by atoms with E-state index in [1.807, 2.05) is 24.3 Å². The summed E-state index contributed by atoms with van der Waals surface area (Å²) in [5.74, 6) is 0.823. The summed E-state index contributed by atoms with van der Waals surface area (Å²) in [7, 11) is 1.78. The zero-order valence-corrected chi connectivity index (χ0v) is 15.3. The van der Waals surface area contributed by atoms with Gasteiger partial charge < -0.3 is 4.90 Å². The smallest absolute Gasteiger partial charge is 0.249 e. The number of nitrogens with one attached hydrogen (secondary N) is 1. The predicted molar refractivity (Wildman–Crippen MR) is 95.5 cm³/mol. The molecule has 2 aliphatic rings. The van der Waals surface area contributed by atoms with E-state index in [2.05, 4.69) is 21.2 Å². The van der Waals surface area contributed by atoms with Crippen molar-refractivity contribution in [1.82, 2.24) is 10.2 Å². The van der Waals surface area contributed by atoms with Gasteiger partial charge in [-0.2, -0.15) is 0 Å². The van der Waals surface area contributed by atoms with Gasteiger partial charge in [0.1, 0.15) is 11.8 Å². The molecule has 3 N–H and O–H groups in total. The van der Waals surface area contributed by atoms with Gasteiger partial charge in [0.2, 0.25) is 5.91 Å². The number of hydrogen-bond acceptors (Lipinski definition) is 3. The summed E-state index contributed by atoms with van der Waals surface area (Å²) < 4.78 is 0.991. The van der Waals surface area contributed by atoms with Crippen LogP contribution in [-0.4, -0.2) is 24.1 Å². The summed E-state index contributed by atoms with van der Waals surface area (Å²) in [5.41, 5.74) is 6.43. The van der Waals surface area contributed by atoms with Crippen LogP contribution in [0.2, 0.25) is 0 Å². The van der Waals surface area contributed by atoms with Crippen molar-refractivity contribution < 1.29 is 4.79 Å². The van der Waals surface area contributed by atoms with E-state index in [9.17, 15) is 4.79 Å². The molecule has 5 heteroatoms. The number of nitrogens with two attached hydrogens (primary N) is 1. The van der Waals surface area contributed by atoms with Crippen LogP contribution >= 0.6 is 15.9 Å². The molecule has 23 heavy (non-hydrogen) atoms. The largest absolute Gasteiger partial charge is 0.316 e. The molecular formula is C18H26BrN3O. The predicted octanol–water partition coefficient (Wildman–Crippen LogP) is 3.31. The molecule has 4 nitrogen and oxygen atoms in total. The Morgan fingerprint density at radius 3 is 2.70 bits per heavy atom. The van der Waals surface area contributed by atoms with Gasteiger partial charge in [-0.25, -0.2) is 0 Å². The van der Waals surface area contributed by atoms with Crippen LogP contribution in [0.1, 0.15) is 50.5 Å². The molecule has 1 aliphatic heterocycles. The van der Waals surface area contributed by atoms with Crippen LogP contribution in [0.5, 0.6) is 0 Å². The van der Waals surface area contributed by atoms with Crippen LogP contribution in [0.4, 0.5) is 0 Å². The van der Waals surface area contributed by atoms with E-state index in [4.69, 9.17) is 5.73 Å². The van der Waals surface area contributed by atoms with Gasteiger partial charge in [-0.3, -0.25) is 15.8 Å². The fraction of sp³-hybridized carbons (Fsp3) is 0.611.